The first-order valence-corrected chi connectivity index (χ1v) is 7.00. The van der Waals surface area contributed by atoms with Crippen LogP contribution < -0.4 is 10.5 Å². The fourth-order valence-corrected chi connectivity index (χ4v) is 2.32. The fourth-order valence-electron chi connectivity index (χ4n) is 2.32. The summed E-state index contributed by atoms with van der Waals surface area (Å²) in [6.45, 7) is 2.79. The van der Waals surface area contributed by atoms with E-state index in [4.69, 9.17) is 10.5 Å². The summed E-state index contributed by atoms with van der Waals surface area (Å²) in [6.07, 6.45) is 0.559. The van der Waals surface area contributed by atoms with Gasteiger partial charge >= 0.3 is 0 Å². The minimum absolute atomic E-state index is 0.251. The molecule has 21 heavy (non-hydrogen) atoms. The van der Waals surface area contributed by atoms with Crippen molar-refractivity contribution in [1.29, 1.82) is 0 Å². The van der Waals surface area contributed by atoms with Crippen LogP contribution in [0.2, 0.25) is 0 Å². The quantitative estimate of drug-likeness (QED) is 0.881. The molecule has 0 saturated heterocycles. The van der Waals surface area contributed by atoms with E-state index in [0.29, 0.717) is 18.6 Å². The molecule has 1 unspecified atom stereocenters. The standard InChI is InChI=1S/C17H19F2NO/c1-2-21-15-6-3-12(4-7-15)9-13(11-20)16-10-14(18)5-8-17(16)19/h3-8,10,13H,2,9,11,20H2,1H3. The third kappa shape index (κ3) is 4.02. The van der Waals surface area contributed by atoms with Gasteiger partial charge in [0.1, 0.15) is 17.4 Å². The maximum absolute atomic E-state index is 13.8. The van der Waals surface area contributed by atoms with E-state index in [9.17, 15) is 8.78 Å². The first-order chi connectivity index (χ1) is 10.1. The third-order valence-corrected chi connectivity index (χ3v) is 3.40. The summed E-state index contributed by atoms with van der Waals surface area (Å²) >= 11 is 0. The van der Waals surface area contributed by atoms with E-state index in [-0.39, 0.29) is 12.5 Å². The Labute approximate surface area is 123 Å². The molecule has 2 nitrogen and oxygen atoms in total. The van der Waals surface area contributed by atoms with Crippen LogP contribution in [0.15, 0.2) is 42.5 Å². The average Bonchev–Trinajstić information content (AvgIpc) is 2.49. The summed E-state index contributed by atoms with van der Waals surface area (Å²) < 4.78 is 32.5. The van der Waals surface area contributed by atoms with E-state index in [1.807, 2.05) is 31.2 Å². The Morgan fingerprint density at radius 3 is 2.43 bits per heavy atom. The van der Waals surface area contributed by atoms with Crippen molar-refractivity contribution in [2.45, 2.75) is 19.3 Å². The first-order valence-electron chi connectivity index (χ1n) is 7.00. The molecule has 0 aliphatic carbocycles. The van der Waals surface area contributed by atoms with E-state index < -0.39 is 11.6 Å². The molecule has 0 saturated carbocycles. The van der Waals surface area contributed by atoms with Gasteiger partial charge in [-0.2, -0.15) is 0 Å². The van der Waals surface area contributed by atoms with E-state index in [1.165, 1.54) is 6.07 Å². The molecule has 0 bridgehead atoms. The van der Waals surface area contributed by atoms with Crippen LogP contribution in [-0.2, 0) is 6.42 Å². The van der Waals surface area contributed by atoms with Gasteiger partial charge in [-0.1, -0.05) is 12.1 Å². The van der Waals surface area contributed by atoms with Gasteiger partial charge in [0.05, 0.1) is 6.61 Å². The maximum atomic E-state index is 13.8. The number of ether oxygens (including phenoxy) is 1. The molecule has 112 valence electrons. The van der Waals surface area contributed by atoms with Gasteiger partial charge in [-0.3, -0.25) is 0 Å². The van der Waals surface area contributed by atoms with Gasteiger partial charge in [0.15, 0.2) is 0 Å². The summed E-state index contributed by atoms with van der Waals surface area (Å²) in [5, 5.41) is 0. The van der Waals surface area contributed by atoms with E-state index in [0.717, 1.165) is 23.4 Å². The van der Waals surface area contributed by atoms with E-state index in [2.05, 4.69) is 0 Å². The minimum atomic E-state index is -0.448. The van der Waals surface area contributed by atoms with Crippen molar-refractivity contribution in [3.63, 3.8) is 0 Å². The number of hydrogen-bond donors (Lipinski definition) is 1. The lowest BCUT2D eigenvalue weighted by atomic mass is 9.91. The molecule has 2 rings (SSSR count). The zero-order valence-corrected chi connectivity index (χ0v) is 12.0. The largest absolute Gasteiger partial charge is 0.494 e. The minimum Gasteiger partial charge on any atom is -0.494 e. The molecule has 0 amide bonds. The highest BCUT2D eigenvalue weighted by molar-refractivity contribution is 5.30. The van der Waals surface area contributed by atoms with Crippen molar-refractivity contribution in [3.05, 3.63) is 65.2 Å². The molecule has 2 aromatic carbocycles. The Morgan fingerprint density at radius 1 is 1.10 bits per heavy atom. The lowest BCUT2D eigenvalue weighted by Gasteiger charge is -2.16. The predicted octanol–water partition coefficient (Wildman–Crippen LogP) is 3.65. The third-order valence-electron chi connectivity index (χ3n) is 3.40. The molecule has 0 aromatic heterocycles. The molecule has 2 aromatic rings. The van der Waals surface area contributed by atoms with Crippen LogP contribution in [0, 0.1) is 11.6 Å². The topological polar surface area (TPSA) is 35.2 Å². The molecule has 0 aliphatic heterocycles. The van der Waals surface area contributed by atoms with Crippen molar-refractivity contribution in [1.82, 2.24) is 0 Å². The summed E-state index contributed by atoms with van der Waals surface area (Å²) in [5.41, 5.74) is 7.07. The zero-order chi connectivity index (χ0) is 15.2. The average molecular weight is 291 g/mol. The first kappa shape index (κ1) is 15.4. The normalized spacial score (nSPS) is 12.2. The van der Waals surface area contributed by atoms with Gasteiger partial charge in [-0.05, 0) is 61.3 Å². The Bertz CT molecular complexity index is 584. The van der Waals surface area contributed by atoms with E-state index in [1.54, 1.807) is 0 Å². The Morgan fingerprint density at radius 2 is 1.81 bits per heavy atom. The summed E-state index contributed by atoms with van der Waals surface area (Å²) in [4.78, 5) is 0. The van der Waals surface area contributed by atoms with Crippen LogP contribution in [-0.4, -0.2) is 13.2 Å². The number of nitrogens with two attached hydrogens (primary N) is 1. The van der Waals surface area contributed by atoms with Crippen molar-refractivity contribution in [3.8, 4) is 5.75 Å². The van der Waals surface area contributed by atoms with Gasteiger partial charge < -0.3 is 10.5 Å². The van der Waals surface area contributed by atoms with Crippen LogP contribution in [0.1, 0.15) is 24.0 Å². The van der Waals surface area contributed by atoms with Gasteiger partial charge in [0.25, 0.3) is 0 Å². The molecule has 0 fully saturated rings. The van der Waals surface area contributed by atoms with Gasteiger partial charge in [-0.25, -0.2) is 8.78 Å². The molecule has 0 radical (unpaired) electrons. The van der Waals surface area contributed by atoms with Gasteiger partial charge in [0.2, 0.25) is 0 Å². The summed E-state index contributed by atoms with van der Waals surface area (Å²) in [7, 11) is 0. The second-order valence-corrected chi connectivity index (χ2v) is 4.88. The highest BCUT2D eigenvalue weighted by Crippen LogP contribution is 2.24. The van der Waals surface area contributed by atoms with Crippen molar-refractivity contribution in [2.75, 3.05) is 13.2 Å². The maximum Gasteiger partial charge on any atom is 0.126 e. The molecule has 0 aliphatic rings. The Hall–Kier alpha value is -1.94. The number of hydrogen-bond acceptors (Lipinski definition) is 2. The zero-order valence-electron chi connectivity index (χ0n) is 12.0. The predicted molar refractivity (Wildman–Crippen MR) is 79.5 cm³/mol. The second-order valence-electron chi connectivity index (χ2n) is 4.88. The van der Waals surface area contributed by atoms with Crippen LogP contribution in [0.4, 0.5) is 8.78 Å². The summed E-state index contributed by atoms with van der Waals surface area (Å²) in [5.74, 6) is -0.324. The molecule has 0 heterocycles. The highest BCUT2D eigenvalue weighted by Gasteiger charge is 2.16. The van der Waals surface area contributed by atoms with Crippen LogP contribution >= 0.6 is 0 Å². The van der Waals surface area contributed by atoms with Crippen molar-refractivity contribution in [2.24, 2.45) is 5.73 Å². The molecule has 2 N–H and O–H groups in total. The number of rotatable bonds is 6. The highest BCUT2D eigenvalue weighted by atomic mass is 19.1. The van der Waals surface area contributed by atoms with Crippen LogP contribution in [0.3, 0.4) is 0 Å². The summed E-state index contributed by atoms with van der Waals surface area (Å²) in [6, 6.07) is 11.1. The Balaban J connectivity index is 2.16. The molecule has 0 spiro atoms. The van der Waals surface area contributed by atoms with Crippen molar-refractivity contribution >= 4 is 0 Å². The van der Waals surface area contributed by atoms with Crippen molar-refractivity contribution < 1.29 is 13.5 Å². The van der Waals surface area contributed by atoms with Gasteiger partial charge in [-0.15, -0.1) is 0 Å². The van der Waals surface area contributed by atoms with Crippen LogP contribution in [0.25, 0.3) is 0 Å². The molecular weight excluding hydrogens is 272 g/mol. The Kier molecular flexibility index (Phi) is 5.28. The molecule has 1 atom stereocenters. The monoisotopic (exact) mass is 291 g/mol. The fraction of sp³-hybridized carbons (Fsp3) is 0.294. The second kappa shape index (κ2) is 7.18. The number of halogens is 2. The van der Waals surface area contributed by atoms with Gasteiger partial charge in [0, 0.05) is 5.92 Å². The van der Waals surface area contributed by atoms with Crippen LogP contribution in [0.5, 0.6) is 5.75 Å². The molecule has 4 heteroatoms. The lowest BCUT2D eigenvalue weighted by Crippen LogP contribution is -2.16. The molecular formula is C17H19F2NO. The number of benzene rings is 2. The van der Waals surface area contributed by atoms with E-state index >= 15 is 0 Å². The SMILES string of the molecule is CCOc1ccc(CC(CN)c2cc(F)ccc2F)cc1. The lowest BCUT2D eigenvalue weighted by molar-refractivity contribution is 0.340. The smallest absolute Gasteiger partial charge is 0.126 e.